The summed E-state index contributed by atoms with van der Waals surface area (Å²) >= 11 is 6.41. The number of halogens is 1. The van der Waals surface area contributed by atoms with Crippen LogP contribution in [0.2, 0.25) is 5.02 Å². The van der Waals surface area contributed by atoms with Crippen molar-refractivity contribution >= 4 is 28.5 Å². The van der Waals surface area contributed by atoms with Gasteiger partial charge in [-0.1, -0.05) is 41.4 Å². The van der Waals surface area contributed by atoms with Crippen molar-refractivity contribution in [1.82, 2.24) is 30.1 Å². The van der Waals surface area contributed by atoms with Gasteiger partial charge in [0.05, 0.1) is 13.2 Å². The van der Waals surface area contributed by atoms with Gasteiger partial charge in [-0.25, -0.2) is 4.68 Å². The number of aromatic nitrogens is 5. The van der Waals surface area contributed by atoms with Crippen molar-refractivity contribution < 1.29 is 9.53 Å². The van der Waals surface area contributed by atoms with Gasteiger partial charge in [0.2, 0.25) is 0 Å². The van der Waals surface area contributed by atoms with Crippen LogP contribution in [0.15, 0.2) is 53.3 Å². The van der Waals surface area contributed by atoms with Crippen LogP contribution in [0, 0.1) is 6.92 Å². The molecule has 2 aromatic carbocycles. The molecule has 9 nitrogen and oxygen atoms in total. The number of aryl methyl sites for hydroxylation is 1. The number of aromatic amines is 1. The third-order valence-electron chi connectivity index (χ3n) is 5.38. The molecular formula is C24H25ClN6O3. The standard InChI is InChI=1S/C24H25ClN6O3/c1-3-34-23(32)15-31-22(27-28-29-31)14-30(12-17-6-4-5-7-20(17)25)13-19-11-18-10-16(2)8-9-21(18)26-24(19)33/h4-11H,3,12-15H2,1-2H3,(H,26,33). The molecule has 0 amide bonds. The van der Waals surface area contributed by atoms with Gasteiger partial charge in [0.1, 0.15) is 6.54 Å². The van der Waals surface area contributed by atoms with E-state index in [4.69, 9.17) is 16.3 Å². The van der Waals surface area contributed by atoms with Gasteiger partial charge in [-0.05, 0) is 59.5 Å². The number of pyridine rings is 1. The number of hydrogen-bond acceptors (Lipinski definition) is 7. The van der Waals surface area contributed by atoms with Crippen molar-refractivity contribution in [3.63, 3.8) is 0 Å². The summed E-state index contributed by atoms with van der Waals surface area (Å²) in [6, 6.07) is 15.3. The quantitative estimate of drug-likeness (QED) is 0.366. The molecule has 2 heterocycles. The molecule has 4 aromatic rings. The van der Waals surface area contributed by atoms with E-state index in [1.807, 2.05) is 60.4 Å². The Morgan fingerprint density at radius 2 is 1.91 bits per heavy atom. The van der Waals surface area contributed by atoms with Gasteiger partial charge in [-0.15, -0.1) is 5.10 Å². The molecule has 0 saturated carbocycles. The monoisotopic (exact) mass is 480 g/mol. The van der Waals surface area contributed by atoms with E-state index in [1.54, 1.807) is 6.92 Å². The summed E-state index contributed by atoms with van der Waals surface area (Å²) in [6.45, 7) is 5.02. The maximum absolute atomic E-state index is 12.8. The van der Waals surface area contributed by atoms with Crippen LogP contribution < -0.4 is 5.56 Å². The largest absolute Gasteiger partial charge is 0.465 e. The zero-order chi connectivity index (χ0) is 24.1. The van der Waals surface area contributed by atoms with Crippen LogP contribution in [-0.2, 0) is 35.7 Å². The molecule has 0 atom stereocenters. The van der Waals surface area contributed by atoms with Crippen LogP contribution in [0.3, 0.4) is 0 Å². The van der Waals surface area contributed by atoms with Crippen molar-refractivity contribution in [2.75, 3.05) is 6.61 Å². The first-order valence-electron chi connectivity index (χ1n) is 10.9. The van der Waals surface area contributed by atoms with Crippen LogP contribution in [0.1, 0.15) is 29.4 Å². The fraction of sp³-hybridized carbons (Fsp3) is 0.292. The summed E-state index contributed by atoms with van der Waals surface area (Å²) < 4.78 is 6.42. The van der Waals surface area contributed by atoms with Crippen LogP contribution in [0.5, 0.6) is 0 Å². The molecular weight excluding hydrogens is 456 g/mol. The van der Waals surface area contributed by atoms with Crippen LogP contribution in [-0.4, -0.2) is 42.7 Å². The number of carbonyl (C=O) groups excluding carboxylic acids is 1. The lowest BCUT2D eigenvalue weighted by atomic mass is 10.1. The number of nitrogens with zero attached hydrogens (tertiary/aromatic N) is 5. The Labute approximate surface area is 201 Å². The van der Waals surface area contributed by atoms with Crippen LogP contribution in [0.25, 0.3) is 10.9 Å². The zero-order valence-electron chi connectivity index (χ0n) is 19.0. The highest BCUT2D eigenvalue weighted by Crippen LogP contribution is 2.20. The van der Waals surface area contributed by atoms with E-state index in [2.05, 4.69) is 20.5 Å². The number of carbonyl (C=O) groups is 1. The van der Waals surface area contributed by atoms with Crippen LogP contribution >= 0.6 is 11.6 Å². The average molecular weight is 481 g/mol. The third-order valence-corrected chi connectivity index (χ3v) is 5.75. The molecule has 1 N–H and O–H groups in total. The van der Waals surface area contributed by atoms with Gasteiger partial charge < -0.3 is 9.72 Å². The highest BCUT2D eigenvalue weighted by Gasteiger charge is 2.18. The summed E-state index contributed by atoms with van der Waals surface area (Å²) in [6.07, 6.45) is 0. The summed E-state index contributed by atoms with van der Waals surface area (Å²) in [5.41, 5.74) is 3.25. The Balaban J connectivity index is 1.64. The maximum Gasteiger partial charge on any atom is 0.327 e. The number of hydrogen-bond donors (Lipinski definition) is 1. The second-order valence-corrected chi connectivity index (χ2v) is 8.42. The molecule has 0 aliphatic carbocycles. The second kappa shape index (κ2) is 10.6. The molecule has 0 fully saturated rings. The fourth-order valence-electron chi connectivity index (χ4n) is 3.75. The minimum absolute atomic E-state index is 0.0913. The van der Waals surface area contributed by atoms with Crippen molar-refractivity contribution in [3.8, 4) is 0 Å². The predicted molar refractivity (Wildman–Crippen MR) is 128 cm³/mol. The van der Waals surface area contributed by atoms with E-state index in [0.717, 1.165) is 22.0 Å². The molecule has 2 aromatic heterocycles. The molecule has 0 aliphatic heterocycles. The lowest BCUT2D eigenvalue weighted by molar-refractivity contribution is -0.144. The smallest absolute Gasteiger partial charge is 0.327 e. The van der Waals surface area contributed by atoms with Gasteiger partial charge >= 0.3 is 5.97 Å². The number of esters is 1. The number of tetrazole rings is 1. The second-order valence-electron chi connectivity index (χ2n) is 8.01. The summed E-state index contributed by atoms with van der Waals surface area (Å²) in [5.74, 6) is 0.0585. The average Bonchev–Trinajstić information content (AvgIpc) is 3.22. The Morgan fingerprint density at radius 3 is 2.71 bits per heavy atom. The van der Waals surface area contributed by atoms with E-state index in [-0.39, 0.29) is 18.7 Å². The molecule has 34 heavy (non-hydrogen) atoms. The molecule has 0 aliphatic rings. The number of H-pyrrole nitrogens is 1. The first kappa shape index (κ1) is 23.6. The number of rotatable bonds is 9. The molecule has 0 saturated heterocycles. The number of ether oxygens (including phenoxy) is 1. The molecule has 10 heteroatoms. The number of nitrogens with one attached hydrogen (secondary N) is 1. The van der Waals surface area contributed by atoms with E-state index in [9.17, 15) is 9.59 Å². The topological polar surface area (TPSA) is 106 Å². The lowest BCUT2D eigenvalue weighted by Crippen LogP contribution is -2.28. The molecule has 0 bridgehead atoms. The molecule has 0 spiro atoms. The van der Waals surface area contributed by atoms with Gasteiger partial charge in [0, 0.05) is 29.2 Å². The van der Waals surface area contributed by atoms with E-state index < -0.39 is 5.97 Å². The third kappa shape index (κ3) is 5.67. The van der Waals surface area contributed by atoms with Gasteiger partial charge in [0.25, 0.3) is 5.56 Å². The van der Waals surface area contributed by atoms with Crippen molar-refractivity contribution in [3.05, 3.63) is 86.4 Å². The molecule has 176 valence electrons. The minimum Gasteiger partial charge on any atom is -0.465 e. The number of fused-ring (bicyclic) bond motifs is 1. The first-order valence-corrected chi connectivity index (χ1v) is 11.3. The van der Waals surface area contributed by atoms with E-state index >= 15 is 0 Å². The van der Waals surface area contributed by atoms with Gasteiger partial charge in [0.15, 0.2) is 5.82 Å². The Kier molecular flexibility index (Phi) is 7.34. The predicted octanol–water partition coefficient (Wildman–Crippen LogP) is 3.24. The highest BCUT2D eigenvalue weighted by atomic mass is 35.5. The minimum atomic E-state index is -0.421. The Bertz CT molecular complexity index is 1370. The van der Waals surface area contributed by atoms with Gasteiger partial charge in [-0.2, -0.15) is 0 Å². The highest BCUT2D eigenvalue weighted by molar-refractivity contribution is 6.31. The SMILES string of the molecule is CCOC(=O)Cn1nnnc1CN(Cc1ccccc1Cl)Cc1cc2cc(C)ccc2[nH]c1=O. The zero-order valence-corrected chi connectivity index (χ0v) is 19.7. The summed E-state index contributed by atoms with van der Waals surface area (Å²) in [4.78, 5) is 29.8. The van der Waals surface area contributed by atoms with Gasteiger partial charge in [-0.3, -0.25) is 14.5 Å². The first-order chi connectivity index (χ1) is 16.4. The van der Waals surface area contributed by atoms with Crippen molar-refractivity contribution in [2.24, 2.45) is 0 Å². The Morgan fingerprint density at radius 1 is 1.12 bits per heavy atom. The number of benzene rings is 2. The van der Waals surface area contributed by atoms with E-state index in [1.165, 1.54) is 4.68 Å². The lowest BCUT2D eigenvalue weighted by Gasteiger charge is -2.22. The molecule has 4 rings (SSSR count). The fourth-order valence-corrected chi connectivity index (χ4v) is 3.95. The summed E-state index contributed by atoms with van der Waals surface area (Å²) in [5, 5.41) is 13.3. The molecule has 0 unspecified atom stereocenters. The molecule has 0 radical (unpaired) electrons. The van der Waals surface area contributed by atoms with Crippen molar-refractivity contribution in [1.29, 1.82) is 0 Å². The summed E-state index contributed by atoms with van der Waals surface area (Å²) in [7, 11) is 0. The van der Waals surface area contributed by atoms with Crippen LogP contribution in [0.4, 0.5) is 0 Å². The van der Waals surface area contributed by atoms with Crippen molar-refractivity contribution in [2.45, 2.75) is 40.0 Å². The maximum atomic E-state index is 12.8. The normalized spacial score (nSPS) is 11.3. The Hall–Kier alpha value is -3.56. The van der Waals surface area contributed by atoms with E-state index in [0.29, 0.717) is 36.0 Å².